The largest absolute Gasteiger partial charge is 0.445 e. The highest BCUT2D eigenvalue weighted by atomic mass is 16.6. The average Bonchev–Trinajstić information content (AvgIpc) is 3.02. The van der Waals surface area contributed by atoms with E-state index in [0.29, 0.717) is 0 Å². The van der Waals surface area contributed by atoms with Crippen molar-refractivity contribution in [2.75, 3.05) is 0 Å². The second-order valence-electron chi connectivity index (χ2n) is 8.02. The molecule has 1 fully saturated rings. The fourth-order valence-electron chi connectivity index (χ4n) is 3.27. The number of alkyl carbamates (subject to hydrolysis) is 1. The van der Waals surface area contributed by atoms with Crippen LogP contribution in [-0.4, -0.2) is 40.9 Å². The number of carbonyl (C=O) groups is 3. The zero-order valence-corrected chi connectivity index (χ0v) is 17.0. The minimum absolute atomic E-state index is 0.0552. The van der Waals surface area contributed by atoms with Crippen molar-refractivity contribution in [3.05, 3.63) is 47.7 Å². The Morgan fingerprint density at radius 3 is 2.63 bits per heavy atom. The summed E-state index contributed by atoms with van der Waals surface area (Å²) < 4.78 is 15.7. The Morgan fingerprint density at radius 2 is 2.00 bits per heavy atom. The number of benzene rings is 1. The Bertz CT molecular complexity index is 900. The van der Waals surface area contributed by atoms with Crippen molar-refractivity contribution in [2.24, 2.45) is 5.92 Å². The molecule has 1 saturated heterocycles. The number of hydrogen-bond donors (Lipinski definition) is 1. The van der Waals surface area contributed by atoms with Gasteiger partial charge in [0.25, 0.3) is 0 Å². The summed E-state index contributed by atoms with van der Waals surface area (Å²) in [6, 6.07) is 9.53. The molecule has 3 amide bonds. The van der Waals surface area contributed by atoms with Crippen LogP contribution in [0.25, 0.3) is 0 Å². The number of amides is 3. The third-order valence-corrected chi connectivity index (χ3v) is 4.50. The van der Waals surface area contributed by atoms with Crippen molar-refractivity contribution >= 4 is 18.3 Å². The van der Waals surface area contributed by atoms with Gasteiger partial charge in [-0.05, 0) is 38.8 Å². The summed E-state index contributed by atoms with van der Waals surface area (Å²) >= 11 is 0. The van der Waals surface area contributed by atoms with Crippen LogP contribution in [0.4, 0.5) is 14.4 Å². The Morgan fingerprint density at radius 1 is 1.30 bits per heavy atom. The quantitative estimate of drug-likeness (QED) is 0.754. The molecule has 2 aliphatic rings. The van der Waals surface area contributed by atoms with E-state index >= 15 is 0 Å². The van der Waals surface area contributed by atoms with Gasteiger partial charge in [-0.3, -0.25) is 0 Å². The molecular formula is C21H23N3O6. The van der Waals surface area contributed by atoms with Crippen molar-refractivity contribution in [3.63, 3.8) is 0 Å². The third kappa shape index (κ3) is 4.89. The summed E-state index contributed by atoms with van der Waals surface area (Å²) in [6.45, 7) is 5.07. The van der Waals surface area contributed by atoms with Crippen LogP contribution in [0.15, 0.2) is 42.2 Å². The van der Waals surface area contributed by atoms with E-state index in [-0.39, 0.29) is 18.8 Å². The predicted molar refractivity (Wildman–Crippen MR) is 104 cm³/mol. The molecule has 1 N–H and O–H groups in total. The number of allylic oxidation sites excluding steroid dienone is 1. The maximum Gasteiger partial charge on any atom is 0.425 e. The molecule has 9 nitrogen and oxygen atoms in total. The van der Waals surface area contributed by atoms with Crippen LogP contribution in [0, 0.1) is 17.2 Å². The Balaban J connectivity index is 1.75. The first kappa shape index (κ1) is 21.2. The number of hydrogen-bond acceptors (Lipinski definition) is 7. The standard InChI is InChI=1S/C21H23N3O6/c1-21(2,3)30-20(27)24-17-15(9-14(11-22)10-16(17)29-19(24)26)23-18(25)28-12-13-7-5-4-6-8-13/h4-8,10,14-15,17H,9,12H2,1-3H3,(H,23,25). The molecule has 9 heteroatoms. The zero-order valence-electron chi connectivity index (χ0n) is 17.0. The maximum atomic E-state index is 12.6. The molecule has 0 aromatic heterocycles. The number of ether oxygens (including phenoxy) is 3. The van der Waals surface area contributed by atoms with Crippen molar-refractivity contribution < 1.29 is 28.6 Å². The molecule has 0 saturated carbocycles. The lowest BCUT2D eigenvalue weighted by atomic mass is 9.87. The molecule has 1 aromatic carbocycles. The van der Waals surface area contributed by atoms with Gasteiger partial charge < -0.3 is 19.5 Å². The monoisotopic (exact) mass is 413 g/mol. The lowest BCUT2D eigenvalue weighted by molar-refractivity contribution is 0.0264. The minimum Gasteiger partial charge on any atom is -0.445 e. The van der Waals surface area contributed by atoms with Crippen molar-refractivity contribution in [1.82, 2.24) is 10.2 Å². The maximum absolute atomic E-state index is 12.6. The fourth-order valence-corrected chi connectivity index (χ4v) is 3.27. The lowest BCUT2D eigenvalue weighted by Gasteiger charge is -2.33. The molecular weight excluding hydrogens is 390 g/mol. The van der Waals surface area contributed by atoms with Gasteiger partial charge >= 0.3 is 18.3 Å². The van der Waals surface area contributed by atoms with Crippen LogP contribution >= 0.6 is 0 Å². The van der Waals surface area contributed by atoms with E-state index in [1.54, 1.807) is 20.8 Å². The molecule has 1 heterocycles. The first-order chi connectivity index (χ1) is 14.2. The molecule has 3 unspecified atom stereocenters. The van der Waals surface area contributed by atoms with E-state index in [2.05, 4.69) is 11.4 Å². The highest BCUT2D eigenvalue weighted by molar-refractivity contribution is 5.91. The molecule has 0 radical (unpaired) electrons. The summed E-state index contributed by atoms with van der Waals surface area (Å²) in [5.41, 5.74) is -0.0212. The van der Waals surface area contributed by atoms with Gasteiger partial charge in [0.05, 0.1) is 18.0 Å². The van der Waals surface area contributed by atoms with Crippen LogP contribution in [0.5, 0.6) is 0 Å². The van der Waals surface area contributed by atoms with E-state index in [1.165, 1.54) is 6.08 Å². The van der Waals surface area contributed by atoms with Crippen LogP contribution in [0.1, 0.15) is 32.8 Å². The van der Waals surface area contributed by atoms with Crippen LogP contribution < -0.4 is 5.32 Å². The van der Waals surface area contributed by atoms with Crippen LogP contribution in [0.2, 0.25) is 0 Å². The summed E-state index contributed by atoms with van der Waals surface area (Å²) in [5, 5.41) is 12.0. The van der Waals surface area contributed by atoms with Crippen molar-refractivity contribution in [2.45, 2.75) is 51.5 Å². The smallest absolute Gasteiger partial charge is 0.425 e. The van der Waals surface area contributed by atoms with E-state index in [9.17, 15) is 19.6 Å². The highest BCUT2D eigenvalue weighted by Gasteiger charge is 2.51. The Kier molecular flexibility index (Phi) is 5.96. The second kappa shape index (κ2) is 8.45. The topological polar surface area (TPSA) is 118 Å². The normalized spacial score (nSPS) is 22.9. The first-order valence-electron chi connectivity index (χ1n) is 9.50. The number of carbonyl (C=O) groups excluding carboxylic acids is 3. The number of nitriles is 1. The summed E-state index contributed by atoms with van der Waals surface area (Å²) in [4.78, 5) is 38.1. The van der Waals surface area contributed by atoms with E-state index in [0.717, 1.165) is 10.5 Å². The summed E-state index contributed by atoms with van der Waals surface area (Å²) in [6.07, 6.45) is -0.865. The zero-order chi connectivity index (χ0) is 21.9. The van der Waals surface area contributed by atoms with Crippen LogP contribution in [0.3, 0.4) is 0 Å². The van der Waals surface area contributed by atoms with Gasteiger partial charge in [0.1, 0.15) is 24.0 Å². The fraction of sp³-hybridized carbons (Fsp3) is 0.429. The van der Waals surface area contributed by atoms with Gasteiger partial charge in [-0.2, -0.15) is 10.2 Å². The van der Waals surface area contributed by atoms with Crippen molar-refractivity contribution in [1.29, 1.82) is 5.26 Å². The Hall–Kier alpha value is -3.54. The number of nitrogens with one attached hydrogen (secondary N) is 1. The molecule has 0 spiro atoms. The summed E-state index contributed by atoms with van der Waals surface area (Å²) in [5.74, 6) is -0.459. The van der Waals surface area contributed by atoms with Gasteiger partial charge in [0, 0.05) is 0 Å². The number of fused-ring (bicyclic) bond motifs is 1. The summed E-state index contributed by atoms with van der Waals surface area (Å²) in [7, 11) is 0. The molecule has 158 valence electrons. The minimum atomic E-state index is -0.916. The molecule has 1 aromatic rings. The van der Waals surface area contributed by atoms with Gasteiger partial charge in [0.2, 0.25) is 0 Å². The third-order valence-electron chi connectivity index (χ3n) is 4.50. The lowest BCUT2D eigenvalue weighted by Crippen LogP contribution is -2.54. The predicted octanol–water partition coefficient (Wildman–Crippen LogP) is 3.46. The van der Waals surface area contributed by atoms with E-state index in [4.69, 9.17) is 14.2 Å². The van der Waals surface area contributed by atoms with Gasteiger partial charge in [0.15, 0.2) is 0 Å². The molecule has 30 heavy (non-hydrogen) atoms. The number of imide groups is 1. The highest BCUT2D eigenvalue weighted by Crippen LogP contribution is 2.35. The van der Waals surface area contributed by atoms with E-state index in [1.807, 2.05) is 30.3 Å². The van der Waals surface area contributed by atoms with Gasteiger partial charge in [-0.1, -0.05) is 30.3 Å². The Labute approximate surface area is 174 Å². The average molecular weight is 413 g/mol. The molecule has 3 rings (SSSR count). The van der Waals surface area contributed by atoms with Gasteiger partial charge in [-0.25, -0.2) is 14.4 Å². The second-order valence-corrected chi connectivity index (χ2v) is 8.02. The SMILES string of the molecule is CC(C)(C)OC(=O)N1C(=O)OC2=CC(C#N)CC(NC(=O)OCc3ccccc3)C21. The molecule has 3 atom stereocenters. The molecule has 1 aliphatic heterocycles. The first-order valence-corrected chi connectivity index (χ1v) is 9.50. The van der Waals surface area contributed by atoms with Crippen LogP contribution in [-0.2, 0) is 20.8 Å². The number of rotatable bonds is 3. The van der Waals surface area contributed by atoms with E-state index < -0.39 is 41.9 Å². The number of nitrogens with zero attached hydrogens (tertiary/aromatic N) is 2. The van der Waals surface area contributed by atoms with Crippen molar-refractivity contribution in [3.8, 4) is 6.07 Å². The molecule has 1 aliphatic carbocycles. The molecule has 0 bridgehead atoms. The van der Waals surface area contributed by atoms with Gasteiger partial charge in [-0.15, -0.1) is 0 Å².